The van der Waals surface area contributed by atoms with Crippen molar-refractivity contribution >= 4 is 29.1 Å². The number of rotatable bonds is 3. The maximum Gasteiger partial charge on any atom is 0.245 e. The molecule has 0 heterocycles. The lowest BCUT2D eigenvalue weighted by Crippen LogP contribution is -2.38. The van der Waals surface area contributed by atoms with Gasteiger partial charge in [-0.15, -0.1) is 11.6 Å². The minimum atomic E-state index is -1.04. The van der Waals surface area contributed by atoms with Crippen molar-refractivity contribution < 1.29 is 4.79 Å². The van der Waals surface area contributed by atoms with Crippen molar-refractivity contribution in [3.63, 3.8) is 0 Å². The number of benzene rings is 1. The van der Waals surface area contributed by atoms with E-state index in [9.17, 15) is 4.79 Å². The SMILES string of the molecule is CCNC(=O)C(C)(Cl)c1ccc(Cl)cc1. The number of nitrogens with one attached hydrogen (secondary N) is 1. The van der Waals surface area contributed by atoms with Crippen LogP contribution >= 0.6 is 23.2 Å². The van der Waals surface area contributed by atoms with Crippen molar-refractivity contribution in [1.82, 2.24) is 5.32 Å². The van der Waals surface area contributed by atoms with Crippen molar-refractivity contribution in [2.24, 2.45) is 0 Å². The van der Waals surface area contributed by atoms with Gasteiger partial charge in [-0.1, -0.05) is 23.7 Å². The summed E-state index contributed by atoms with van der Waals surface area (Å²) in [5.74, 6) is -0.200. The second kappa shape index (κ2) is 4.86. The Hall–Kier alpha value is -0.730. The zero-order valence-electron chi connectivity index (χ0n) is 8.68. The molecular weight excluding hydrogens is 233 g/mol. The van der Waals surface area contributed by atoms with Gasteiger partial charge < -0.3 is 5.32 Å². The lowest BCUT2D eigenvalue weighted by molar-refractivity contribution is -0.123. The van der Waals surface area contributed by atoms with Gasteiger partial charge in [0.1, 0.15) is 4.87 Å². The van der Waals surface area contributed by atoms with E-state index in [-0.39, 0.29) is 5.91 Å². The minimum Gasteiger partial charge on any atom is -0.355 e. The lowest BCUT2D eigenvalue weighted by Gasteiger charge is -2.21. The third-order valence-electron chi connectivity index (χ3n) is 2.15. The number of carbonyl (C=O) groups is 1. The van der Waals surface area contributed by atoms with Crippen LogP contribution in [-0.2, 0) is 9.67 Å². The van der Waals surface area contributed by atoms with Crippen LogP contribution in [0.2, 0.25) is 5.02 Å². The summed E-state index contributed by atoms with van der Waals surface area (Å²) in [7, 11) is 0. The fourth-order valence-electron chi connectivity index (χ4n) is 1.22. The highest BCUT2D eigenvalue weighted by Gasteiger charge is 2.31. The molecule has 0 fully saturated rings. The van der Waals surface area contributed by atoms with Crippen molar-refractivity contribution in [3.8, 4) is 0 Å². The molecule has 0 spiro atoms. The Labute approximate surface area is 99.6 Å². The quantitative estimate of drug-likeness (QED) is 0.816. The van der Waals surface area contributed by atoms with E-state index in [1.807, 2.05) is 6.92 Å². The first-order valence-corrected chi connectivity index (χ1v) is 5.47. The first-order valence-electron chi connectivity index (χ1n) is 4.71. The molecule has 1 aromatic carbocycles. The molecule has 0 aromatic heterocycles. The van der Waals surface area contributed by atoms with Crippen LogP contribution < -0.4 is 5.32 Å². The Bertz CT molecular complexity index is 346. The fourth-order valence-corrected chi connectivity index (χ4v) is 1.54. The molecule has 1 unspecified atom stereocenters. The highest BCUT2D eigenvalue weighted by molar-refractivity contribution is 6.34. The van der Waals surface area contributed by atoms with Gasteiger partial charge in [-0.3, -0.25) is 4.79 Å². The molecule has 4 heteroatoms. The Morgan fingerprint density at radius 1 is 1.40 bits per heavy atom. The van der Waals surface area contributed by atoms with E-state index in [0.717, 1.165) is 5.56 Å². The average Bonchev–Trinajstić information content (AvgIpc) is 2.18. The number of likely N-dealkylation sites (N-methyl/N-ethyl adjacent to an activating group) is 1. The Balaban J connectivity index is 2.94. The molecule has 0 aliphatic rings. The van der Waals surface area contributed by atoms with Crippen molar-refractivity contribution in [2.45, 2.75) is 18.7 Å². The standard InChI is InChI=1S/C11H13Cl2NO/c1-3-14-10(15)11(2,13)8-4-6-9(12)7-5-8/h4-7H,3H2,1-2H3,(H,14,15). The van der Waals surface area contributed by atoms with Crippen LogP contribution in [0.3, 0.4) is 0 Å². The van der Waals surface area contributed by atoms with E-state index < -0.39 is 4.87 Å². The van der Waals surface area contributed by atoms with Crippen molar-refractivity contribution in [1.29, 1.82) is 0 Å². The summed E-state index contributed by atoms with van der Waals surface area (Å²) in [6.07, 6.45) is 0. The number of halogens is 2. The Kier molecular flexibility index (Phi) is 4.00. The molecule has 1 N–H and O–H groups in total. The highest BCUT2D eigenvalue weighted by atomic mass is 35.5. The fraction of sp³-hybridized carbons (Fsp3) is 0.364. The van der Waals surface area contributed by atoms with E-state index in [0.29, 0.717) is 11.6 Å². The second-order valence-electron chi connectivity index (χ2n) is 3.37. The normalized spacial score (nSPS) is 14.4. The van der Waals surface area contributed by atoms with Crippen LogP contribution in [0.15, 0.2) is 24.3 Å². The molecule has 0 bridgehead atoms. The first kappa shape index (κ1) is 12.3. The molecule has 1 aromatic rings. The molecule has 0 saturated carbocycles. The highest BCUT2D eigenvalue weighted by Crippen LogP contribution is 2.29. The predicted octanol–water partition coefficient (Wildman–Crippen LogP) is 2.93. The summed E-state index contributed by atoms with van der Waals surface area (Å²) in [4.78, 5) is 10.6. The van der Waals surface area contributed by atoms with E-state index in [1.165, 1.54) is 0 Å². The van der Waals surface area contributed by atoms with Crippen LogP contribution in [0.4, 0.5) is 0 Å². The summed E-state index contributed by atoms with van der Waals surface area (Å²) in [6, 6.07) is 6.95. The zero-order chi connectivity index (χ0) is 11.5. The number of hydrogen-bond donors (Lipinski definition) is 1. The molecule has 1 atom stereocenters. The van der Waals surface area contributed by atoms with Crippen molar-refractivity contribution in [3.05, 3.63) is 34.9 Å². The van der Waals surface area contributed by atoms with Gasteiger partial charge in [0.25, 0.3) is 0 Å². The molecule has 15 heavy (non-hydrogen) atoms. The van der Waals surface area contributed by atoms with Gasteiger partial charge >= 0.3 is 0 Å². The summed E-state index contributed by atoms with van der Waals surface area (Å²) in [5, 5.41) is 3.32. The molecule has 0 aliphatic heterocycles. The average molecular weight is 246 g/mol. The zero-order valence-corrected chi connectivity index (χ0v) is 10.2. The third kappa shape index (κ3) is 2.86. The van der Waals surface area contributed by atoms with E-state index >= 15 is 0 Å². The summed E-state index contributed by atoms with van der Waals surface area (Å²) < 4.78 is 0. The minimum absolute atomic E-state index is 0.200. The predicted molar refractivity (Wildman–Crippen MR) is 63.3 cm³/mol. The van der Waals surface area contributed by atoms with Gasteiger partial charge in [0.15, 0.2) is 0 Å². The van der Waals surface area contributed by atoms with Gasteiger partial charge in [-0.25, -0.2) is 0 Å². The molecular formula is C11H13Cl2NO. The van der Waals surface area contributed by atoms with E-state index in [4.69, 9.17) is 23.2 Å². The van der Waals surface area contributed by atoms with Crippen molar-refractivity contribution in [2.75, 3.05) is 6.54 Å². The van der Waals surface area contributed by atoms with Gasteiger partial charge in [0.2, 0.25) is 5.91 Å². The molecule has 1 amide bonds. The summed E-state index contributed by atoms with van der Waals surface area (Å²) in [5.41, 5.74) is 0.736. The second-order valence-corrected chi connectivity index (χ2v) is 4.56. The topological polar surface area (TPSA) is 29.1 Å². The van der Waals surface area contributed by atoms with E-state index in [1.54, 1.807) is 31.2 Å². The monoisotopic (exact) mass is 245 g/mol. The maximum atomic E-state index is 11.7. The molecule has 82 valence electrons. The van der Waals surface area contributed by atoms with Gasteiger partial charge in [0, 0.05) is 11.6 Å². The smallest absolute Gasteiger partial charge is 0.245 e. The number of alkyl halides is 1. The summed E-state index contributed by atoms with van der Waals surface area (Å²) >= 11 is 11.9. The molecule has 0 saturated heterocycles. The Morgan fingerprint density at radius 2 is 1.93 bits per heavy atom. The van der Waals surface area contributed by atoms with Crippen LogP contribution in [0.25, 0.3) is 0 Å². The van der Waals surface area contributed by atoms with Crippen LogP contribution in [0, 0.1) is 0 Å². The van der Waals surface area contributed by atoms with Crippen LogP contribution in [0.1, 0.15) is 19.4 Å². The largest absolute Gasteiger partial charge is 0.355 e. The van der Waals surface area contributed by atoms with E-state index in [2.05, 4.69) is 5.32 Å². The maximum absolute atomic E-state index is 11.7. The third-order valence-corrected chi connectivity index (χ3v) is 2.79. The van der Waals surface area contributed by atoms with Gasteiger partial charge in [-0.2, -0.15) is 0 Å². The Morgan fingerprint density at radius 3 is 2.40 bits per heavy atom. The lowest BCUT2D eigenvalue weighted by atomic mass is 9.99. The molecule has 2 nitrogen and oxygen atoms in total. The summed E-state index contributed by atoms with van der Waals surface area (Å²) in [6.45, 7) is 4.09. The van der Waals surface area contributed by atoms with Crippen LogP contribution in [-0.4, -0.2) is 12.5 Å². The van der Waals surface area contributed by atoms with Gasteiger partial charge in [0.05, 0.1) is 0 Å². The number of carbonyl (C=O) groups excluding carboxylic acids is 1. The first-order chi connectivity index (χ1) is 6.98. The van der Waals surface area contributed by atoms with Crippen LogP contribution in [0.5, 0.6) is 0 Å². The molecule has 1 rings (SSSR count). The number of hydrogen-bond acceptors (Lipinski definition) is 1. The molecule has 0 aliphatic carbocycles. The number of amides is 1. The molecule has 0 radical (unpaired) electrons. The van der Waals surface area contributed by atoms with Gasteiger partial charge in [-0.05, 0) is 31.5 Å².